The summed E-state index contributed by atoms with van der Waals surface area (Å²) < 4.78 is 5.94. The Balaban J connectivity index is 2.15. The Bertz CT molecular complexity index is 919. The molecule has 0 saturated carbocycles. The number of hydrogen-bond acceptors (Lipinski definition) is 3. The molecule has 3 rings (SSSR count). The van der Waals surface area contributed by atoms with Crippen LogP contribution in [-0.2, 0) is 5.41 Å². The van der Waals surface area contributed by atoms with Crippen molar-refractivity contribution in [1.82, 2.24) is 0 Å². The maximum absolute atomic E-state index is 9.29. The summed E-state index contributed by atoms with van der Waals surface area (Å²) in [4.78, 5) is 0. The van der Waals surface area contributed by atoms with E-state index in [1.165, 1.54) is 5.56 Å². The predicted molar refractivity (Wildman–Crippen MR) is 92.7 cm³/mol. The predicted octanol–water partition coefficient (Wildman–Crippen LogP) is 5.34. The molecule has 0 amide bonds. The molecule has 1 N–H and O–H groups in total. The summed E-state index contributed by atoms with van der Waals surface area (Å²) in [6, 6.07) is 15.2. The van der Waals surface area contributed by atoms with E-state index >= 15 is 0 Å². The van der Waals surface area contributed by atoms with Crippen LogP contribution < -0.4 is 5.36 Å². The van der Waals surface area contributed by atoms with Crippen molar-refractivity contribution < 1.29 is 9.62 Å². The lowest BCUT2D eigenvalue weighted by molar-refractivity contribution is 0.302. The first-order chi connectivity index (χ1) is 10.9. The monoisotopic (exact) mass is 327 g/mol. The molecule has 0 saturated heterocycles. The van der Waals surface area contributed by atoms with E-state index in [4.69, 9.17) is 16.0 Å². The first kappa shape index (κ1) is 15.6. The molecule has 0 radical (unpaired) electrons. The van der Waals surface area contributed by atoms with E-state index in [-0.39, 0.29) is 5.41 Å². The fraction of sp³-hybridized carbons (Fsp3) is 0.211. The Kier molecular flexibility index (Phi) is 3.90. The zero-order valence-electron chi connectivity index (χ0n) is 13.3. The summed E-state index contributed by atoms with van der Waals surface area (Å²) >= 11 is 6.00. The summed E-state index contributed by atoms with van der Waals surface area (Å²) in [6.07, 6.45) is 0. The first-order valence-electron chi connectivity index (χ1n) is 7.41. The average Bonchev–Trinajstić information content (AvgIpc) is 2.53. The van der Waals surface area contributed by atoms with Gasteiger partial charge in [-0.1, -0.05) is 61.8 Å². The second kappa shape index (κ2) is 5.74. The standard InChI is InChI=1S/C19H18ClNO2/c1-19(2,3)13-6-4-12(5-7-13)18-11-16(21-22)15-10-14(20)8-9-17(15)23-18/h4-11,22H,1-3H3/b21-16-. The lowest BCUT2D eigenvalue weighted by atomic mass is 9.86. The number of rotatable bonds is 1. The van der Waals surface area contributed by atoms with Gasteiger partial charge in [-0.2, -0.15) is 0 Å². The third kappa shape index (κ3) is 3.10. The second-order valence-corrected chi connectivity index (χ2v) is 7.00. The number of benzene rings is 2. The van der Waals surface area contributed by atoms with Crippen LogP contribution in [0, 0.1) is 0 Å². The van der Waals surface area contributed by atoms with Crippen LogP contribution in [-0.4, -0.2) is 5.21 Å². The summed E-state index contributed by atoms with van der Waals surface area (Å²) in [7, 11) is 0. The van der Waals surface area contributed by atoms with E-state index in [1.54, 1.807) is 24.3 Å². The fourth-order valence-corrected chi connectivity index (χ4v) is 2.67. The van der Waals surface area contributed by atoms with Crippen molar-refractivity contribution in [2.45, 2.75) is 26.2 Å². The molecule has 0 spiro atoms. The topological polar surface area (TPSA) is 45.7 Å². The lowest BCUT2D eigenvalue weighted by Gasteiger charge is -2.19. The minimum atomic E-state index is 0.0986. The molecule has 0 bridgehead atoms. The molecule has 4 heteroatoms. The van der Waals surface area contributed by atoms with Crippen LogP contribution in [0.1, 0.15) is 26.3 Å². The quantitative estimate of drug-likeness (QED) is 0.484. The van der Waals surface area contributed by atoms with Crippen LogP contribution in [0.2, 0.25) is 5.02 Å². The minimum Gasteiger partial charge on any atom is -0.456 e. The number of nitrogens with zero attached hydrogens (tertiary/aromatic N) is 1. The molecule has 1 aromatic heterocycles. The average molecular weight is 328 g/mol. The largest absolute Gasteiger partial charge is 0.456 e. The third-order valence-electron chi connectivity index (χ3n) is 3.85. The van der Waals surface area contributed by atoms with Crippen LogP contribution in [0.5, 0.6) is 0 Å². The van der Waals surface area contributed by atoms with Crippen LogP contribution in [0.25, 0.3) is 22.3 Å². The summed E-state index contributed by atoms with van der Waals surface area (Å²) in [5, 5.41) is 14.3. The Hall–Kier alpha value is -2.26. The molecular weight excluding hydrogens is 310 g/mol. The molecule has 1 heterocycles. The van der Waals surface area contributed by atoms with Crippen molar-refractivity contribution >= 4 is 22.6 Å². The molecule has 0 atom stereocenters. The first-order valence-corrected chi connectivity index (χ1v) is 7.79. The van der Waals surface area contributed by atoms with Gasteiger partial charge in [-0.25, -0.2) is 0 Å². The van der Waals surface area contributed by atoms with Crippen LogP contribution >= 0.6 is 11.6 Å². The highest BCUT2D eigenvalue weighted by Crippen LogP contribution is 2.27. The summed E-state index contributed by atoms with van der Waals surface area (Å²) in [5.41, 5.74) is 2.90. The van der Waals surface area contributed by atoms with Crippen molar-refractivity contribution in [3.8, 4) is 11.3 Å². The molecule has 0 unspecified atom stereocenters. The maximum atomic E-state index is 9.29. The Labute approximate surface area is 139 Å². The van der Waals surface area contributed by atoms with Crippen LogP contribution in [0.15, 0.2) is 58.1 Å². The minimum absolute atomic E-state index is 0.0986. The van der Waals surface area contributed by atoms with Crippen molar-refractivity contribution in [3.05, 3.63) is 64.5 Å². The zero-order chi connectivity index (χ0) is 16.6. The smallest absolute Gasteiger partial charge is 0.137 e. The fourth-order valence-electron chi connectivity index (χ4n) is 2.50. The number of halogens is 1. The highest BCUT2D eigenvalue weighted by Gasteiger charge is 2.14. The highest BCUT2D eigenvalue weighted by atomic mass is 35.5. The molecule has 0 aliphatic carbocycles. The third-order valence-corrected chi connectivity index (χ3v) is 4.08. The number of fused-ring (bicyclic) bond motifs is 1. The van der Waals surface area contributed by atoms with E-state index < -0.39 is 0 Å². The van der Waals surface area contributed by atoms with E-state index in [0.29, 0.717) is 27.1 Å². The van der Waals surface area contributed by atoms with E-state index in [9.17, 15) is 5.21 Å². The van der Waals surface area contributed by atoms with Crippen LogP contribution in [0.3, 0.4) is 0 Å². The molecule has 3 nitrogen and oxygen atoms in total. The summed E-state index contributed by atoms with van der Waals surface area (Å²) in [6.45, 7) is 6.53. The SMILES string of the molecule is CC(C)(C)c1ccc(-c2c/c(=N/O)c3cc(Cl)ccc3o2)cc1. The van der Waals surface area contributed by atoms with Gasteiger partial charge in [0.25, 0.3) is 0 Å². The lowest BCUT2D eigenvalue weighted by Crippen LogP contribution is -2.10. The Morgan fingerprint density at radius 1 is 1.00 bits per heavy atom. The van der Waals surface area contributed by atoms with Crippen molar-refractivity contribution in [1.29, 1.82) is 0 Å². The highest BCUT2D eigenvalue weighted by molar-refractivity contribution is 6.31. The second-order valence-electron chi connectivity index (χ2n) is 6.56. The molecule has 23 heavy (non-hydrogen) atoms. The van der Waals surface area contributed by atoms with Crippen molar-refractivity contribution in [2.24, 2.45) is 5.16 Å². The number of hydrogen-bond donors (Lipinski definition) is 1. The summed E-state index contributed by atoms with van der Waals surface area (Å²) in [5.74, 6) is 0.646. The maximum Gasteiger partial charge on any atom is 0.137 e. The van der Waals surface area contributed by atoms with Crippen molar-refractivity contribution in [3.63, 3.8) is 0 Å². The molecular formula is C19H18ClNO2. The van der Waals surface area contributed by atoms with Gasteiger partial charge in [-0.15, -0.1) is 0 Å². The molecule has 118 valence electrons. The molecule has 0 fully saturated rings. The van der Waals surface area contributed by atoms with E-state index in [2.05, 4.69) is 38.1 Å². The van der Waals surface area contributed by atoms with Gasteiger partial charge in [-0.05, 0) is 29.2 Å². The van der Waals surface area contributed by atoms with Gasteiger partial charge < -0.3 is 9.62 Å². The van der Waals surface area contributed by atoms with Gasteiger partial charge >= 0.3 is 0 Å². The normalized spacial score (nSPS) is 12.8. The Morgan fingerprint density at radius 2 is 1.70 bits per heavy atom. The van der Waals surface area contributed by atoms with Crippen molar-refractivity contribution in [2.75, 3.05) is 0 Å². The van der Waals surface area contributed by atoms with Gasteiger partial charge in [0, 0.05) is 22.0 Å². The molecule has 2 aromatic carbocycles. The van der Waals surface area contributed by atoms with E-state index in [0.717, 1.165) is 5.56 Å². The zero-order valence-corrected chi connectivity index (χ0v) is 14.1. The van der Waals surface area contributed by atoms with Crippen LogP contribution in [0.4, 0.5) is 0 Å². The molecule has 3 aromatic rings. The van der Waals surface area contributed by atoms with Gasteiger partial charge in [0.05, 0.1) is 0 Å². The van der Waals surface area contributed by atoms with Gasteiger partial charge in [0.15, 0.2) is 0 Å². The van der Waals surface area contributed by atoms with E-state index in [1.807, 2.05) is 12.1 Å². The molecule has 0 aliphatic heterocycles. The van der Waals surface area contributed by atoms with Gasteiger partial charge in [-0.3, -0.25) is 0 Å². The molecule has 0 aliphatic rings. The van der Waals surface area contributed by atoms with Gasteiger partial charge in [0.2, 0.25) is 0 Å². The van der Waals surface area contributed by atoms with Gasteiger partial charge in [0.1, 0.15) is 16.7 Å². The Morgan fingerprint density at radius 3 is 2.30 bits per heavy atom.